The van der Waals surface area contributed by atoms with Crippen LogP contribution in [-0.4, -0.2) is 22.0 Å². The highest BCUT2D eigenvalue weighted by molar-refractivity contribution is 7.17. The summed E-state index contributed by atoms with van der Waals surface area (Å²) in [5.74, 6) is -1.31. The average molecular weight is 290 g/mol. The van der Waals surface area contributed by atoms with E-state index in [1.54, 1.807) is 12.1 Å². The van der Waals surface area contributed by atoms with Gasteiger partial charge in [-0.15, -0.1) is 0 Å². The van der Waals surface area contributed by atoms with E-state index in [9.17, 15) is 9.59 Å². The molecule has 1 aromatic heterocycles. The van der Waals surface area contributed by atoms with Crippen LogP contribution >= 0.6 is 11.3 Å². The zero-order valence-electron chi connectivity index (χ0n) is 11.1. The Morgan fingerprint density at radius 2 is 1.95 bits per heavy atom. The summed E-state index contributed by atoms with van der Waals surface area (Å²) in [6, 6.07) is 7.13. The SMILES string of the molecule is CCc1nc(NC(=O)c2ccc(C)cc2)sc1C(=O)O. The number of benzene rings is 1. The number of carboxylic acid groups (broad SMARTS) is 1. The fraction of sp³-hybridized carbons (Fsp3) is 0.214. The molecule has 20 heavy (non-hydrogen) atoms. The number of nitrogens with zero attached hydrogens (tertiary/aromatic N) is 1. The molecule has 0 bridgehead atoms. The van der Waals surface area contributed by atoms with Crippen molar-refractivity contribution in [3.8, 4) is 0 Å². The van der Waals surface area contributed by atoms with Gasteiger partial charge >= 0.3 is 5.97 Å². The third kappa shape index (κ3) is 3.03. The molecule has 0 aliphatic rings. The summed E-state index contributed by atoms with van der Waals surface area (Å²) < 4.78 is 0. The largest absolute Gasteiger partial charge is 0.477 e. The molecular weight excluding hydrogens is 276 g/mol. The number of nitrogens with one attached hydrogen (secondary N) is 1. The highest BCUT2D eigenvalue weighted by Crippen LogP contribution is 2.24. The summed E-state index contributed by atoms with van der Waals surface area (Å²) in [5.41, 5.74) is 2.07. The van der Waals surface area contributed by atoms with Gasteiger partial charge in [-0.2, -0.15) is 0 Å². The van der Waals surface area contributed by atoms with E-state index in [0.29, 0.717) is 22.8 Å². The van der Waals surface area contributed by atoms with E-state index in [2.05, 4.69) is 10.3 Å². The quantitative estimate of drug-likeness (QED) is 0.907. The predicted molar refractivity (Wildman–Crippen MR) is 77.6 cm³/mol. The minimum Gasteiger partial charge on any atom is -0.477 e. The number of anilines is 1. The normalized spacial score (nSPS) is 10.3. The number of amides is 1. The molecular formula is C14H14N2O3S. The number of carboxylic acids is 1. The van der Waals surface area contributed by atoms with Gasteiger partial charge in [0, 0.05) is 5.56 Å². The fourth-order valence-corrected chi connectivity index (χ4v) is 2.57. The van der Waals surface area contributed by atoms with Gasteiger partial charge in [-0.1, -0.05) is 36.0 Å². The highest BCUT2D eigenvalue weighted by atomic mass is 32.1. The molecule has 0 radical (unpaired) electrons. The first-order valence-electron chi connectivity index (χ1n) is 6.12. The molecule has 0 unspecified atom stereocenters. The lowest BCUT2D eigenvalue weighted by molar-refractivity contribution is 0.0700. The van der Waals surface area contributed by atoms with Crippen molar-refractivity contribution in [2.75, 3.05) is 5.32 Å². The van der Waals surface area contributed by atoms with Crippen LogP contribution in [0.4, 0.5) is 5.13 Å². The third-order valence-electron chi connectivity index (χ3n) is 2.76. The van der Waals surface area contributed by atoms with Gasteiger partial charge < -0.3 is 5.11 Å². The van der Waals surface area contributed by atoms with Crippen LogP contribution < -0.4 is 5.32 Å². The lowest BCUT2D eigenvalue weighted by atomic mass is 10.1. The smallest absolute Gasteiger partial charge is 0.347 e. The van der Waals surface area contributed by atoms with Crippen LogP contribution in [0.2, 0.25) is 0 Å². The first kappa shape index (κ1) is 14.2. The fourth-order valence-electron chi connectivity index (χ4n) is 1.69. The maximum Gasteiger partial charge on any atom is 0.347 e. The van der Waals surface area contributed by atoms with Crippen LogP contribution in [0.25, 0.3) is 0 Å². The number of carbonyl (C=O) groups is 2. The second kappa shape index (κ2) is 5.83. The average Bonchev–Trinajstić information content (AvgIpc) is 2.82. The van der Waals surface area contributed by atoms with Crippen molar-refractivity contribution in [3.63, 3.8) is 0 Å². The van der Waals surface area contributed by atoms with Crippen molar-refractivity contribution in [2.45, 2.75) is 20.3 Å². The molecule has 0 atom stereocenters. The number of thiazole rings is 1. The summed E-state index contributed by atoms with van der Waals surface area (Å²) in [7, 11) is 0. The van der Waals surface area contributed by atoms with E-state index in [0.717, 1.165) is 16.9 Å². The van der Waals surface area contributed by atoms with Gasteiger partial charge in [-0.25, -0.2) is 9.78 Å². The summed E-state index contributed by atoms with van der Waals surface area (Å²) >= 11 is 0.976. The topological polar surface area (TPSA) is 79.3 Å². The number of aromatic carboxylic acids is 1. The van der Waals surface area contributed by atoms with E-state index >= 15 is 0 Å². The Hall–Kier alpha value is -2.21. The standard InChI is InChI=1S/C14H14N2O3S/c1-3-10-11(13(18)19)20-14(15-10)16-12(17)9-6-4-8(2)5-7-9/h4-7H,3H2,1-2H3,(H,18,19)(H,15,16,17). The van der Waals surface area contributed by atoms with E-state index in [1.807, 2.05) is 26.0 Å². The summed E-state index contributed by atoms with van der Waals surface area (Å²) in [6.07, 6.45) is 0.512. The van der Waals surface area contributed by atoms with Crippen LogP contribution in [0.1, 0.15) is 38.2 Å². The van der Waals surface area contributed by atoms with Crippen molar-refractivity contribution >= 4 is 28.3 Å². The molecule has 2 N–H and O–H groups in total. The van der Waals surface area contributed by atoms with Gasteiger partial charge in [0.2, 0.25) is 0 Å². The maximum atomic E-state index is 12.0. The number of aromatic nitrogens is 1. The van der Waals surface area contributed by atoms with E-state index < -0.39 is 5.97 Å². The Balaban J connectivity index is 2.19. The lowest BCUT2D eigenvalue weighted by Gasteiger charge is -2.01. The molecule has 0 fully saturated rings. The molecule has 0 aliphatic carbocycles. The van der Waals surface area contributed by atoms with Crippen LogP contribution in [-0.2, 0) is 6.42 Å². The van der Waals surface area contributed by atoms with E-state index in [4.69, 9.17) is 5.11 Å². The molecule has 1 amide bonds. The second-order valence-electron chi connectivity index (χ2n) is 4.27. The highest BCUT2D eigenvalue weighted by Gasteiger charge is 2.17. The van der Waals surface area contributed by atoms with Gasteiger partial charge in [0.05, 0.1) is 5.69 Å². The minimum atomic E-state index is -1.02. The minimum absolute atomic E-state index is 0.173. The van der Waals surface area contributed by atoms with Gasteiger partial charge in [-0.05, 0) is 25.5 Å². The van der Waals surface area contributed by atoms with E-state index in [-0.39, 0.29) is 10.8 Å². The van der Waals surface area contributed by atoms with Gasteiger partial charge in [0.15, 0.2) is 5.13 Å². The molecule has 0 spiro atoms. The van der Waals surface area contributed by atoms with Gasteiger partial charge in [-0.3, -0.25) is 10.1 Å². The summed E-state index contributed by atoms with van der Waals surface area (Å²) in [5, 5.41) is 12.0. The summed E-state index contributed by atoms with van der Waals surface area (Å²) in [4.78, 5) is 27.4. The van der Waals surface area contributed by atoms with Crippen molar-refractivity contribution in [3.05, 3.63) is 46.0 Å². The Kier molecular flexibility index (Phi) is 4.14. The zero-order valence-corrected chi connectivity index (χ0v) is 12.0. The molecule has 6 heteroatoms. The first-order chi connectivity index (χ1) is 9.51. The van der Waals surface area contributed by atoms with Crippen molar-refractivity contribution in [2.24, 2.45) is 0 Å². The number of aryl methyl sites for hydroxylation is 2. The Morgan fingerprint density at radius 1 is 1.30 bits per heavy atom. The molecule has 5 nitrogen and oxygen atoms in total. The van der Waals surface area contributed by atoms with E-state index in [1.165, 1.54) is 0 Å². The molecule has 0 saturated carbocycles. The molecule has 2 aromatic rings. The Morgan fingerprint density at radius 3 is 2.45 bits per heavy atom. The van der Waals surface area contributed by atoms with Crippen LogP contribution in [0.3, 0.4) is 0 Å². The number of hydrogen-bond donors (Lipinski definition) is 2. The third-order valence-corrected chi connectivity index (χ3v) is 3.76. The Bertz CT molecular complexity index is 647. The number of rotatable bonds is 4. The predicted octanol–water partition coefficient (Wildman–Crippen LogP) is 2.96. The number of hydrogen-bond acceptors (Lipinski definition) is 4. The van der Waals surface area contributed by atoms with Crippen LogP contribution in [0.5, 0.6) is 0 Å². The van der Waals surface area contributed by atoms with Crippen molar-refractivity contribution < 1.29 is 14.7 Å². The molecule has 1 heterocycles. The molecule has 0 saturated heterocycles. The first-order valence-corrected chi connectivity index (χ1v) is 6.94. The van der Waals surface area contributed by atoms with Crippen LogP contribution in [0, 0.1) is 6.92 Å². The molecule has 104 valence electrons. The molecule has 1 aromatic carbocycles. The summed E-state index contributed by atoms with van der Waals surface area (Å²) in [6.45, 7) is 3.77. The lowest BCUT2D eigenvalue weighted by Crippen LogP contribution is -2.11. The van der Waals surface area contributed by atoms with Gasteiger partial charge in [0.25, 0.3) is 5.91 Å². The van der Waals surface area contributed by atoms with Gasteiger partial charge in [0.1, 0.15) is 4.88 Å². The van der Waals surface area contributed by atoms with Crippen molar-refractivity contribution in [1.82, 2.24) is 4.98 Å². The zero-order chi connectivity index (χ0) is 14.7. The second-order valence-corrected chi connectivity index (χ2v) is 5.27. The maximum absolute atomic E-state index is 12.0. The van der Waals surface area contributed by atoms with Crippen LogP contribution in [0.15, 0.2) is 24.3 Å². The molecule has 0 aliphatic heterocycles. The number of carbonyl (C=O) groups excluding carboxylic acids is 1. The Labute approximate surface area is 120 Å². The monoisotopic (exact) mass is 290 g/mol. The molecule has 2 rings (SSSR count). The van der Waals surface area contributed by atoms with Crippen molar-refractivity contribution in [1.29, 1.82) is 0 Å².